The predicted octanol–water partition coefficient (Wildman–Crippen LogP) is 2.76. The van der Waals surface area contributed by atoms with Crippen molar-refractivity contribution in [2.75, 3.05) is 11.9 Å². The highest BCUT2D eigenvalue weighted by Crippen LogP contribution is 2.09. The summed E-state index contributed by atoms with van der Waals surface area (Å²) < 4.78 is 12.8. The number of benzene rings is 2. The van der Waals surface area contributed by atoms with Crippen LogP contribution < -0.4 is 10.6 Å². The van der Waals surface area contributed by atoms with E-state index >= 15 is 0 Å². The average Bonchev–Trinajstić information content (AvgIpc) is 2.54. The first-order valence-corrected chi connectivity index (χ1v) is 7.01. The Balaban J connectivity index is 1.84. The monoisotopic (exact) mass is 300 g/mol. The summed E-state index contributed by atoms with van der Waals surface area (Å²) in [6.07, 6.45) is 0.932. The Morgan fingerprint density at radius 3 is 2.23 bits per heavy atom. The van der Waals surface area contributed by atoms with Crippen LogP contribution in [0.25, 0.3) is 0 Å². The number of hydrogen-bond acceptors (Lipinski definition) is 2. The second-order valence-electron chi connectivity index (χ2n) is 4.79. The Kier molecular flexibility index (Phi) is 5.25. The lowest BCUT2D eigenvalue weighted by atomic mass is 10.1. The summed E-state index contributed by atoms with van der Waals surface area (Å²) in [5.41, 5.74) is 2.17. The number of halogens is 1. The van der Waals surface area contributed by atoms with Crippen molar-refractivity contribution in [2.24, 2.45) is 0 Å². The molecule has 0 heterocycles. The molecule has 0 spiro atoms. The van der Waals surface area contributed by atoms with Crippen LogP contribution in [0.2, 0.25) is 0 Å². The van der Waals surface area contributed by atoms with Crippen LogP contribution in [0.1, 0.15) is 22.8 Å². The van der Waals surface area contributed by atoms with E-state index in [1.807, 2.05) is 24.3 Å². The van der Waals surface area contributed by atoms with Gasteiger partial charge < -0.3 is 10.6 Å². The predicted molar refractivity (Wildman–Crippen MR) is 83.2 cm³/mol. The van der Waals surface area contributed by atoms with Crippen molar-refractivity contribution in [3.63, 3.8) is 0 Å². The van der Waals surface area contributed by atoms with E-state index in [0.29, 0.717) is 11.3 Å². The average molecular weight is 300 g/mol. The van der Waals surface area contributed by atoms with Crippen molar-refractivity contribution in [3.8, 4) is 0 Å². The summed E-state index contributed by atoms with van der Waals surface area (Å²) in [5, 5.41) is 5.18. The first-order valence-electron chi connectivity index (χ1n) is 7.01. The molecule has 22 heavy (non-hydrogen) atoms. The van der Waals surface area contributed by atoms with E-state index in [1.54, 1.807) is 0 Å². The molecule has 0 unspecified atom stereocenters. The van der Waals surface area contributed by atoms with E-state index in [9.17, 15) is 14.0 Å². The quantitative estimate of drug-likeness (QED) is 0.892. The number of aryl methyl sites for hydroxylation is 1. The van der Waals surface area contributed by atoms with Gasteiger partial charge in [0.15, 0.2) is 0 Å². The van der Waals surface area contributed by atoms with Crippen molar-refractivity contribution < 1.29 is 14.0 Å². The van der Waals surface area contributed by atoms with E-state index in [1.165, 1.54) is 29.8 Å². The van der Waals surface area contributed by atoms with Crippen LogP contribution in [-0.2, 0) is 11.2 Å². The Morgan fingerprint density at radius 1 is 1.00 bits per heavy atom. The summed E-state index contributed by atoms with van der Waals surface area (Å²) in [7, 11) is 0. The molecule has 0 saturated heterocycles. The third-order valence-corrected chi connectivity index (χ3v) is 3.16. The third kappa shape index (κ3) is 4.41. The van der Waals surface area contributed by atoms with Gasteiger partial charge in [-0.25, -0.2) is 4.39 Å². The zero-order valence-electron chi connectivity index (χ0n) is 12.2. The molecular formula is C17H17FN2O2. The fraction of sp³-hybridized carbons (Fsp3) is 0.176. The van der Waals surface area contributed by atoms with E-state index in [4.69, 9.17) is 0 Å². The topological polar surface area (TPSA) is 58.2 Å². The van der Waals surface area contributed by atoms with Crippen molar-refractivity contribution in [2.45, 2.75) is 13.3 Å². The summed E-state index contributed by atoms with van der Waals surface area (Å²) in [5.74, 6) is -1.15. The first kappa shape index (κ1) is 15.7. The molecule has 0 aliphatic rings. The summed E-state index contributed by atoms with van der Waals surface area (Å²) in [6.45, 7) is 1.91. The van der Waals surface area contributed by atoms with Crippen LogP contribution in [0.4, 0.5) is 10.1 Å². The van der Waals surface area contributed by atoms with E-state index in [2.05, 4.69) is 17.6 Å². The molecule has 2 aromatic rings. The molecule has 0 aromatic heterocycles. The highest BCUT2D eigenvalue weighted by molar-refractivity contribution is 5.99. The molecule has 5 heteroatoms. The van der Waals surface area contributed by atoms with Gasteiger partial charge in [0.2, 0.25) is 5.91 Å². The van der Waals surface area contributed by atoms with Crippen molar-refractivity contribution in [3.05, 3.63) is 65.5 Å². The fourth-order valence-electron chi connectivity index (χ4n) is 1.89. The van der Waals surface area contributed by atoms with Gasteiger partial charge in [0, 0.05) is 11.3 Å². The van der Waals surface area contributed by atoms with E-state index < -0.39 is 11.7 Å². The number of amides is 2. The Labute approximate surface area is 128 Å². The Morgan fingerprint density at radius 2 is 1.64 bits per heavy atom. The zero-order valence-corrected chi connectivity index (χ0v) is 12.2. The maximum Gasteiger partial charge on any atom is 0.251 e. The molecule has 0 aliphatic heterocycles. The van der Waals surface area contributed by atoms with E-state index in [-0.39, 0.29) is 12.5 Å². The van der Waals surface area contributed by atoms with Gasteiger partial charge in [-0.1, -0.05) is 19.1 Å². The lowest BCUT2D eigenvalue weighted by Crippen LogP contribution is -2.32. The fourth-order valence-corrected chi connectivity index (χ4v) is 1.89. The molecule has 4 nitrogen and oxygen atoms in total. The molecule has 2 N–H and O–H groups in total. The molecule has 0 bridgehead atoms. The number of carbonyl (C=O) groups excluding carboxylic acids is 2. The molecule has 2 rings (SSSR count). The molecular weight excluding hydrogens is 283 g/mol. The molecule has 2 aromatic carbocycles. The Bertz CT molecular complexity index is 651. The lowest BCUT2D eigenvalue weighted by Gasteiger charge is -2.07. The lowest BCUT2D eigenvalue weighted by molar-refractivity contribution is -0.115. The minimum atomic E-state index is -0.420. The number of nitrogens with one attached hydrogen (secondary N) is 2. The summed E-state index contributed by atoms with van der Waals surface area (Å²) >= 11 is 0. The second kappa shape index (κ2) is 7.36. The maximum atomic E-state index is 12.8. The highest BCUT2D eigenvalue weighted by Gasteiger charge is 2.08. The van der Waals surface area contributed by atoms with Gasteiger partial charge in [0.1, 0.15) is 5.82 Å². The minimum Gasteiger partial charge on any atom is -0.343 e. The second-order valence-corrected chi connectivity index (χ2v) is 4.79. The first-order chi connectivity index (χ1) is 10.6. The van der Waals surface area contributed by atoms with Gasteiger partial charge >= 0.3 is 0 Å². The van der Waals surface area contributed by atoms with Gasteiger partial charge in [0.25, 0.3) is 5.91 Å². The molecule has 2 amide bonds. The summed E-state index contributed by atoms with van der Waals surface area (Å²) in [6, 6.07) is 12.6. The Hall–Kier alpha value is -2.69. The molecule has 0 radical (unpaired) electrons. The zero-order chi connectivity index (χ0) is 15.9. The number of anilines is 1. The van der Waals surface area contributed by atoms with Gasteiger partial charge in [-0.2, -0.15) is 0 Å². The molecule has 114 valence electrons. The van der Waals surface area contributed by atoms with Crippen LogP contribution in [0.15, 0.2) is 48.5 Å². The number of carbonyl (C=O) groups is 2. The number of rotatable bonds is 5. The number of hydrogen-bond donors (Lipinski definition) is 2. The summed E-state index contributed by atoms with van der Waals surface area (Å²) in [4.78, 5) is 23.6. The standard InChI is InChI=1S/C17H17FN2O2/c1-2-12-3-9-15(10-4-12)20-16(21)11-19-17(22)13-5-7-14(18)8-6-13/h3-10H,2,11H2,1H3,(H,19,22)(H,20,21). The largest absolute Gasteiger partial charge is 0.343 e. The van der Waals surface area contributed by atoms with Gasteiger partial charge in [-0.3, -0.25) is 9.59 Å². The van der Waals surface area contributed by atoms with Crippen molar-refractivity contribution in [1.29, 1.82) is 0 Å². The van der Waals surface area contributed by atoms with Crippen LogP contribution in [0.3, 0.4) is 0 Å². The van der Waals surface area contributed by atoms with Gasteiger partial charge in [-0.15, -0.1) is 0 Å². The van der Waals surface area contributed by atoms with Crippen molar-refractivity contribution in [1.82, 2.24) is 5.32 Å². The smallest absolute Gasteiger partial charge is 0.251 e. The van der Waals surface area contributed by atoms with Crippen LogP contribution >= 0.6 is 0 Å². The minimum absolute atomic E-state index is 0.147. The van der Waals surface area contributed by atoms with Gasteiger partial charge in [-0.05, 0) is 48.4 Å². The molecule has 0 atom stereocenters. The molecule has 0 saturated carbocycles. The highest BCUT2D eigenvalue weighted by atomic mass is 19.1. The molecule has 0 fully saturated rings. The van der Waals surface area contributed by atoms with E-state index in [0.717, 1.165) is 6.42 Å². The maximum absolute atomic E-state index is 12.8. The normalized spacial score (nSPS) is 10.1. The SMILES string of the molecule is CCc1ccc(NC(=O)CNC(=O)c2ccc(F)cc2)cc1. The molecule has 0 aliphatic carbocycles. The van der Waals surface area contributed by atoms with Gasteiger partial charge in [0.05, 0.1) is 6.54 Å². The third-order valence-electron chi connectivity index (χ3n) is 3.16. The van der Waals surface area contributed by atoms with Crippen LogP contribution in [-0.4, -0.2) is 18.4 Å². The van der Waals surface area contributed by atoms with Crippen LogP contribution in [0, 0.1) is 5.82 Å². The van der Waals surface area contributed by atoms with Crippen molar-refractivity contribution >= 4 is 17.5 Å². The van der Waals surface area contributed by atoms with Crippen LogP contribution in [0.5, 0.6) is 0 Å².